The Morgan fingerprint density at radius 3 is 1.74 bits per heavy atom. The maximum atomic E-state index is 13.3. The summed E-state index contributed by atoms with van der Waals surface area (Å²) in [5.41, 5.74) is 1.76. The molecule has 0 aliphatic rings. The molecule has 1 heterocycles. The summed E-state index contributed by atoms with van der Waals surface area (Å²) < 4.78 is 13.9. The molecule has 42 heavy (non-hydrogen) atoms. The number of esters is 1. The van der Waals surface area contributed by atoms with Crippen LogP contribution in [0.15, 0.2) is 108 Å². The summed E-state index contributed by atoms with van der Waals surface area (Å²) in [5, 5.41) is 15.5. The smallest absolute Gasteiger partial charge is 0.328 e. The van der Waals surface area contributed by atoms with Gasteiger partial charge in [-0.05, 0) is 16.7 Å². The fraction of sp³-hybridized carbons (Fsp3) is 0.188. The number of hydrogen-bond acceptors (Lipinski definition) is 7. The van der Waals surface area contributed by atoms with Gasteiger partial charge in [0.1, 0.15) is 12.6 Å². The zero-order valence-electron chi connectivity index (χ0n) is 23.4. The number of carbonyl (C=O) groups is 1. The molecule has 0 saturated heterocycles. The molecule has 5 aromatic rings. The lowest BCUT2D eigenvalue weighted by Gasteiger charge is -2.39. The molecule has 4 aromatic carbocycles. The minimum atomic E-state index is -1.06. The van der Waals surface area contributed by atoms with E-state index in [0.29, 0.717) is 11.0 Å². The van der Waals surface area contributed by atoms with E-state index in [0.717, 1.165) is 16.7 Å². The average Bonchev–Trinajstić information content (AvgIpc) is 3.24. The fourth-order valence-corrected chi connectivity index (χ4v) is 5.33. The van der Waals surface area contributed by atoms with Crippen LogP contribution >= 0.6 is 0 Å². The number of hydrogen-bond donors (Lipinski definition) is 1. The number of fused-ring (bicyclic) bond motifs is 1. The molecule has 0 amide bonds. The number of ether oxygens (including phenoxy) is 2. The van der Waals surface area contributed by atoms with Crippen LogP contribution in [-0.2, 0) is 29.2 Å². The second-order valence-electron chi connectivity index (χ2n) is 9.85. The molecule has 0 spiro atoms. The zero-order valence-corrected chi connectivity index (χ0v) is 23.4. The molecular formula is C32H30N4O6. The van der Waals surface area contributed by atoms with Gasteiger partial charge in [-0.15, -0.1) is 0 Å². The van der Waals surface area contributed by atoms with Crippen molar-refractivity contribution in [3.05, 3.63) is 140 Å². The van der Waals surface area contributed by atoms with Crippen molar-refractivity contribution < 1.29 is 19.2 Å². The number of nitrogens with one attached hydrogen (secondary N) is 1. The highest BCUT2D eigenvalue weighted by Gasteiger charge is 2.40. The Morgan fingerprint density at radius 2 is 1.31 bits per heavy atom. The van der Waals surface area contributed by atoms with Crippen molar-refractivity contribution in [2.24, 2.45) is 14.1 Å². The van der Waals surface area contributed by atoms with Crippen LogP contribution in [0, 0.1) is 10.1 Å². The van der Waals surface area contributed by atoms with Gasteiger partial charge in [0.25, 0.3) is 0 Å². The van der Waals surface area contributed by atoms with Crippen LogP contribution in [0.25, 0.3) is 11.0 Å². The highest BCUT2D eigenvalue weighted by Crippen LogP contribution is 2.38. The first-order valence-corrected chi connectivity index (χ1v) is 13.3. The van der Waals surface area contributed by atoms with Crippen molar-refractivity contribution in [1.82, 2.24) is 14.5 Å². The number of aromatic nitrogens is 2. The molecule has 0 fully saturated rings. The normalized spacial score (nSPS) is 12.2. The standard InChI is InChI=1S/C32H30N4O6/c1-34-26-19-28(36(39)40)29(20-27(26)35(2)31(34)38)42-21-25(30(37)41-3)33-32(22-13-7-4-8-14-22,23-15-9-5-10-16-23)24-17-11-6-12-18-24/h4-20,25,33H,21H2,1-3H3. The van der Waals surface area contributed by atoms with Crippen molar-refractivity contribution in [2.75, 3.05) is 13.7 Å². The minimum absolute atomic E-state index is 0.0749. The number of nitro groups is 1. The van der Waals surface area contributed by atoms with Crippen LogP contribution in [-0.4, -0.2) is 39.8 Å². The van der Waals surface area contributed by atoms with Gasteiger partial charge in [0.2, 0.25) is 0 Å². The van der Waals surface area contributed by atoms with Crippen LogP contribution in [0.1, 0.15) is 16.7 Å². The number of methoxy groups -OCH3 is 1. The summed E-state index contributed by atoms with van der Waals surface area (Å²) in [7, 11) is 4.40. The number of nitro benzene ring substituents is 1. The Morgan fingerprint density at radius 1 is 0.857 bits per heavy atom. The summed E-state index contributed by atoms with van der Waals surface area (Å²) in [6.45, 7) is -0.298. The average molecular weight is 567 g/mol. The fourth-order valence-electron chi connectivity index (χ4n) is 5.33. The van der Waals surface area contributed by atoms with Crippen molar-refractivity contribution in [1.29, 1.82) is 0 Å². The zero-order chi connectivity index (χ0) is 29.9. The predicted molar refractivity (Wildman–Crippen MR) is 158 cm³/mol. The summed E-state index contributed by atoms with van der Waals surface area (Å²) in [4.78, 5) is 37.2. The molecular weight excluding hydrogens is 536 g/mol. The third-order valence-electron chi connectivity index (χ3n) is 7.45. The Balaban J connectivity index is 1.62. The molecule has 1 unspecified atom stereocenters. The Hall–Kier alpha value is -5.22. The monoisotopic (exact) mass is 566 g/mol. The second kappa shape index (κ2) is 11.7. The molecule has 0 aliphatic carbocycles. The van der Waals surface area contributed by atoms with Crippen molar-refractivity contribution in [3.63, 3.8) is 0 Å². The van der Waals surface area contributed by atoms with Gasteiger partial charge in [-0.25, -0.2) is 4.79 Å². The lowest BCUT2D eigenvalue weighted by Crippen LogP contribution is -2.55. The SMILES string of the molecule is COC(=O)C(COc1cc2c(cc1[N+](=O)[O-])n(C)c(=O)n2C)NC(c1ccccc1)(c1ccccc1)c1ccccc1. The van der Waals surface area contributed by atoms with E-state index in [1.54, 1.807) is 14.1 Å². The highest BCUT2D eigenvalue weighted by atomic mass is 16.6. The van der Waals surface area contributed by atoms with Gasteiger partial charge in [-0.2, -0.15) is 0 Å². The Bertz CT molecular complexity index is 1690. The van der Waals surface area contributed by atoms with E-state index in [2.05, 4.69) is 5.32 Å². The lowest BCUT2D eigenvalue weighted by molar-refractivity contribution is -0.385. The number of imidazole rings is 1. The molecule has 0 aliphatic heterocycles. The van der Waals surface area contributed by atoms with Gasteiger partial charge in [0, 0.05) is 26.2 Å². The van der Waals surface area contributed by atoms with E-state index < -0.39 is 22.5 Å². The maximum Gasteiger partial charge on any atom is 0.328 e. The first kappa shape index (κ1) is 28.3. The van der Waals surface area contributed by atoms with E-state index in [9.17, 15) is 19.7 Å². The van der Waals surface area contributed by atoms with Crippen LogP contribution in [0.2, 0.25) is 0 Å². The van der Waals surface area contributed by atoms with Gasteiger partial charge in [-0.1, -0.05) is 91.0 Å². The second-order valence-corrected chi connectivity index (χ2v) is 9.85. The van der Waals surface area contributed by atoms with Gasteiger partial charge >= 0.3 is 17.3 Å². The minimum Gasteiger partial charge on any atom is -0.484 e. The molecule has 1 aromatic heterocycles. The molecule has 1 atom stereocenters. The largest absolute Gasteiger partial charge is 0.484 e. The van der Waals surface area contributed by atoms with E-state index in [1.165, 1.54) is 28.4 Å². The van der Waals surface area contributed by atoms with Crippen LogP contribution < -0.4 is 15.7 Å². The van der Waals surface area contributed by atoms with Crippen molar-refractivity contribution in [3.8, 4) is 5.75 Å². The molecule has 1 N–H and O–H groups in total. The predicted octanol–water partition coefficient (Wildman–Crippen LogP) is 4.29. The first-order valence-electron chi connectivity index (χ1n) is 13.3. The van der Waals surface area contributed by atoms with E-state index in [4.69, 9.17) is 9.47 Å². The van der Waals surface area contributed by atoms with Gasteiger partial charge < -0.3 is 9.47 Å². The molecule has 214 valence electrons. The summed E-state index contributed by atoms with van der Waals surface area (Å²) in [5.74, 6) is -0.688. The molecule has 0 bridgehead atoms. The van der Waals surface area contributed by atoms with Crippen LogP contribution in [0.3, 0.4) is 0 Å². The highest BCUT2D eigenvalue weighted by molar-refractivity contribution is 5.82. The number of carbonyl (C=O) groups excluding carboxylic acids is 1. The molecule has 0 radical (unpaired) electrons. The molecule has 0 saturated carbocycles. The van der Waals surface area contributed by atoms with E-state index in [1.807, 2.05) is 91.0 Å². The van der Waals surface area contributed by atoms with Gasteiger partial charge in [0.05, 0.1) is 28.6 Å². The number of nitrogens with zero attached hydrogens (tertiary/aromatic N) is 3. The topological polar surface area (TPSA) is 118 Å². The lowest BCUT2D eigenvalue weighted by atomic mass is 9.76. The quantitative estimate of drug-likeness (QED) is 0.116. The van der Waals surface area contributed by atoms with Gasteiger partial charge in [0.15, 0.2) is 5.75 Å². The Kier molecular flexibility index (Phi) is 7.90. The summed E-state index contributed by atoms with van der Waals surface area (Å²) in [6, 6.07) is 30.8. The number of aryl methyl sites for hydroxylation is 2. The number of rotatable bonds is 10. The third-order valence-corrected chi connectivity index (χ3v) is 7.45. The molecule has 10 heteroatoms. The van der Waals surface area contributed by atoms with Gasteiger partial charge in [-0.3, -0.25) is 29.4 Å². The summed E-state index contributed by atoms with van der Waals surface area (Å²) >= 11 is 0. The van der Waals surface area contributed by atoms with Crippen molar-refractivity contribution in [2.45, 2.75) is 11.6 Å². The molecule has 10 nitrogen and oxygen atoms in total. The first-order chi connectivity index (χ1) is 20.3. The van der Waals surface area contributed by atoms with Crippen molar-refractivity contribution >= 4 is 22.7 Å². The van der Waals surface area contributed by atoms with E-state index >= 15 is 0 Å². The molecule has 5 rings (SSSR count). The van der Waals surface area contributed by atoms with Crippen LogP contribution in [0.4, 0.5) is 5.69 Å². The van der Waals surface area contributed by atoms with Crippen LogP contribution in [0.5, 0.6) is 5.75 Å². The Labute approximate surface area is 241 Å². The van der Waals surface area contributed by atoms with E-state index in [-0.39, 0.29) is 23.7 Å². The summed E-state index contributed by atoms with van der Waals surface area (Å²) in [6.07, 6.45) is 0. The maximum absolute atomic E-state index is 13.3. The number of benzene rings is 4. The third kappa shape index (κ3) is 5.04.